The molecule has 0 unspecified atom stereocenters. The number of aromatic nitrogens is 1. The molecule has 2 bridgehead atoms. The minimum atomic E-state index is -0.674. The zero-order valence-corrected chi connectivity index (χ0v) is 16.6. The highest BCUT2D eigenvalue weighted by Crippen LogP contribution is 2.52. The molecule has 5 nitrogen and oxygen atoms in total. The molecule has 3 atom stereocenters. The Balaban J connectivity index is 1.66. The average Bonchev–Trinajstić information content (AvgIpc) is 3.43. The number of hydrogen-bond donors (Lipinski definition) is 0. The lowest BCUT2D eigenvalue weighted by atomic mass is 9.71. The Kier molecular flexibility index (Phi) is 4.61. The molecule has 4 rings (SSSR count). The number of thiophene rings is 1. The number of hydrogen-bond acceptors (Lipinski definition) is 6. The number of nitrogens with zero attached hydrogens (tertiary/aromatic N) is 2. The van der Waals surface area contributed by atoms with Gasteiger partial charge < -0.3 is 9.64 Å². The number of aryl methyl sites for hydroxylation is 1. The summed E-state index contributed by atoms with van der Waals surface area (Å²) in [6.07, 6.45) is 3.94. The van der Waals surface area contributed by atoms with Crippen LogP contribution in [0.15, 0.2) is 23.0 Å². The van der Waals surface area contributed by atoms with E-state index in [-0.39, 0.29) is 24.0 Å². The third-order valence-corrected chi connectivity index (χ3v) is 7.62. The Labute approximate surface area is 161 Å². The van der Waals surface area contributed by atoms with Crippen molar-refractivity contribution in [2.75, 3.05) is 7.11 Å². The van der Waals surface area contributed by atoms with E-state index >= 15 is 0 Å². The van der Waals surface area contributed by atoms with E-state index in [0.717, 1.165) is 29.8 Å². The fourth-order valence-corrected chi connectivity index (χ4v) is 6.08. The van der Waals surface area contributed by atoms with Crippen LogP contribution in [0.2, 0.25) is 0 Å². The second kappa shape index (κ2) is 6.78. The molecule has 2 aromatic rings. The summed E-state index contributed by atoms with van der Waals surface area (Å²) < 4.78 is 5.20. The van der Waals surface area contributed by atoms with Crippen LogP contribution in [0.5, 0.6) is 0 Å². The van der Waals surface area contributed by atoms with E-state index in [1.54, 1.807) is 16.8 Å². The second-order valence-corrected chi connectivity index (χ2v) is 8.97. The first-order valence-corrected chi connectivity index (χ1v) is 10.7. The second-order valence-electron chi connectivity index (χ2n) is 7.09. The van der Waals surface area contributed by atoms with E-state index in [1.165, 1.54) is 23.3 Å². The minimum absolute atomic E-state index is 0.0613. The zero-order valence-electron chi connectivity index (χ0n) is 14.9. The summed E-state index contributed by atoms with van der Waals surface area (Å²) >= 11 is 3.09. The summed E-state index contributed by atoms with van der Waals surface area (Å²) in [5, 5.41) is 1.98. The van der Waals surface area contributed by atoms with E-state index < -0.39 is 5.41 Å². The molecule has 0 radical (unpaired) electrons. The van der Waals surface area contributed by atoms with Gasteiger partial charge in [0.15, 0.2) is 0 Å². The van der Waals surface area contributed by atoms with Gasteiger partial charge >= 0.3 is 5.97 Å². The van der Waals surface area contributed by atoms with Crippen LogP contribution in [-0.2, 0) is 22.4 Å². The lowest BCUT2D eigenvalue weighted by molar-refractivity contribution is -0.154. The molecule has 0 aliphatic carbocycles. The highest BCUT2D eigenvalue weighted by atomic mass is 32.1. The predicted molar refractivity (Wildman–Crippen MR) is 102 cm³/mol. The lowest BCUT2D eigenvalue weighted by Gasteiger charge is -2.34. The van der Waals surface area contributed by atoms with Crippen molar-refractivity contribution in [3.63, 3.8) is 0 Å². The van der Waals surface area contributed by atoms with Crippen molar-refractivity contribution in [3.8, 4) is 0 Å². The van der Waals surface area contributed by atoms with Crippen molar-refractivity contribution in [1.29, 1.82) is 0 Å². The van der Waals surface area contributed by atoms with Crippen LogP contribution in [0.25, 0.3) is 0 Å². The van der Waals surface area contributed by atoms with Crippen LogP contribution >= 0.6 is 22.7 Å². The van der Waals surface area contributed by atoms with Gasteiger partial charge in [-0.15, -0.1) is 22.7 Å². The van der Waals surface area contributed by atoms with Gasteiger partial charge in [-0.05, 0) is 37.8 Å². The van der Waals surface area contributed by atoms with E-state index in [0.29, 0.717) is 12.8 Å². The largest absolute Gasteiger partial charge is 0.469 e. The number of methoxy groups -OCH3 is 1. The Hall–Kier alpha value is -1.73. The van der Waals surface area contributed by atoms with Gasteiger partial charge in [-0.1, -0.05) is 6.92 Å². The maximum absolute atomic E-state index is 13.2. The van der Waals surface area contributed by atoms with Crippen molar-refractivity contribution in [2.45, 2.75) is 51.1 Å². The van der Waals surface area contributed by atoms with Gasteiger partial charge in [0.1, 0.15) is 0 Å². The molecular weight excluding hydrogens is 368 g/mol. The molecule has 0 saturated carbocycles. The van der Waals surface area contributed by atoms with Crippen molar-refractivity contribution in [1.82, 2.24) is 9.88 Å². The third kappa shape index (κ3) is 2.68. The van der Waals surface area contributed by atoms with Gasteiger partial charge in [0.25, 0.3) is 5.91 Å². The first-order chi connectivity index (χ1) is 12.6. The fourth-order valence-electron chi connectivity index (χ4n) is 4.63. The number of amides is 1. The summed E-state index contributed by atoms with van der Waals surface area (Å²) in [7, 11) is 1.44. The number of fused-ring (bicyclic) bond motifs is 2. The number of ether oxygens (including phenoxy) is 1. The van der Waals surface area contributed by atoms with Crippen molar-refractivity contribution >= 4 is 34.6 Å². The Bertz CT molecular complexity index is 817. The number of esters is 1. The zero-order chi connectivity index (χ0) is 18.3. The summed E-state index contributed by atoms with van der Waals surface area (Å²) in [6.45, 7) is 2.09. The van der Waals surface area contributed by atoms with Gasteiger partial charge in [0.05, 0.1) is 28.6 Å². The smallest absolute Gasteiger partial charge is 0.314 e. The van der Waals surface area contributed by atoms with Crippen LogP contribution in [0.1, 0.15) is 46.4 Å². The van der Waals surface area contributed by atoms with Gasteiger partial charge in [-0.2, -0.15) is 0 Å². The maximum atomic E-state index is 13.2. The van der Waals surface area contributed by atoms with E-state index in [4.69, 9.17) is 4.74 Å². The average molecular weight is 391 g/mol. The number of carbonyl (C=O) groups excluding carboxylic acids is 2. The summed E-state index contributed by atoms with van der Waals surface area (Å²) in [6, 6.07) is 3.95. The predicted octanol–water partition coefficient (Wildman–Crippen LogP) is 3.55. The van der Waals surface area contributed by atoms with E-state index in [9.17, 15) is 9.59 Å². The first kappa shape index (κ1) is 17.7. The minimum Gasteiger partial charge on any atom is -0.469 e. The molecule has 4 heterocycles. The molecule has 2 aliphatic heterocycles. The van der Waals surface area contributed by atoms with Crippen LogP contribution in [-0.4, -0.2) is 41.0 Å². The van der Waals surface area contributed by atoms with E-state index in [1.807, 2.05) is 22.4 Å². The topological polar surface area (TPSA) is 59.5 Å². The normalized spacial score (nSPS) is 27.1. The molecule has 138 valence electrons. The van der Waals surface area contributed by atoms with Crippen molar-refractivity contribution < 1.29 is 14.3 Å². The van der Waals surface area contributed by atoms with Crippen LogP contribution in [0, 0.1) is 5.41 Å². The van der Waals surface area contributed by atoms with Crippen LogP contribution in [0.3, 0.4) is 0 Å². The standard InChI is InChI=1S/C19H22N2O3S2/c1-3-14-5-6-15(26-14)17(22)21-13-4-7-16(21)19(9-13,18(23)24-2)8-12-10-25-11-20-12/h5-6,10-11,13,16H,3-4,7-9H2,1-2H3/t13-,16+,19+/m1/s1. The molecule has 2 fully saturated rings. The van der Waals surface area contributed by atoms with Gasteiger partial charge in [-0.3, -0.25) is 9.59 Å². The Morgan fingerprint density at radius 3 is 2.88 bits per heavy atom. The van der Waals surface area contributed by atoms with Crippen molar-refractivity contribution in [3.05, 3.63) is 38.5 Å². The van der Waals surface area contributed by atoms with Gasteiger partial charge in [0.2, 0.25) is 0 Å². The van der Waals surface area contributed by atoms with Gasteiger partial charge in [0, 0.05) is 28.8 Å². The number of rotatable bonds is 5. The van der Waals surface area contributed by atoms with E-state index in [2.05, 4.69) is 11.9 Å². The number of thiazole rings is 1. The summed E-state index contributed by atoms with van der Waals surface area (Å²) in [5.74, 6) is -0.151. The molecular formula is C19H22N2O3S2. The van der Waals surface area contributed by atoms with Crippen molar-refractivity contribution in [2.24, 2.45) is 5.41 Å². The molecule has 7 heteroatoms. The lowest BCUT2D eigenvalue weighted by Crippen LogP contribution is -2.47. The maximum Gasteiger partial charge on any atom is 0.314 e. The number of carbonyl (C=O) groups is 2. The molecule has 2 aromatic heterocycles. The van der Waals surface area contributed by atoms with Crippen LogP contribution in [0.4, 0.5) is 0 Å². The molecule has 0 spiro atoms. The molecule has 2 saturated heterocycles. The first-order valence-electron chi connectivity index (χ1n) is 8.96. The van der Waals surface area contributed by atoms with Gasteiger partial charge in [-0.25, -0.2) is 4.98 Å². The molecule has 1 amide bonds. The molecule has 26 heavy (non-hydrogen) atoms. The Morgan fingerprint density at radius 1 is 1.38 bits per heavy atom. The molecule has 2 aliphatic rings. The quantitative estimate of drug-likeness (QED) is 0.733. The molecule has 0 aromatic carbocycles. The molecule has 0 N–H and O–H groups in total. The monoisotopic (exact) mass is 390 g/mol. The highest BCUT2D eigenvalue weighted by Gasteiger charge is 2.62. The highest BCUT2D eigenvalue weighted by molar-refractivity contribution is 7.14. The third-order valence-electron chi connectivity index (χ3n) is 5.77. The van der Waals surface area contributed by atoms with Crippen LogP contribution < -0.4 is 0 Å². The summed E-state index contributed by atoms with van der Waals surface area (Å²) in [4.78, 5) is 34.4. The Morgan fingerprint density at radius 2 is 2.23 bits per heavy atom. The summed E-state index contributed by atoms with van der Waals surface area (Å²) in [5.41, 5.74) is 2.02. The SMILES string of the molecule is CCc1ccc(C(=O)N2[C@@H]3CC[C@H]2[C@@](Cc2cscn2)(C(=O)OC)C3)s1. The fraction of sp³-hybridized carbons (Fsp3) is 0.526.